The van der Waals surface area contributed by atoms with Crippen molar-refractivity contribution in [2.45, 2.75) is 18.0 Å². The van der Waals surface area contributed by atoms with Crippen LogP contribution in [0.2, 0.25) is 0 Å². The number of nitrogens with zero attached hydrogens (tertiary/aromatic N) is 4. The van der Waals surface area contributed by atoms with Crippen molar-refractivity contribution in [3.05, 3.63) is 30.3 Å². The molecule has 6 nitrogen and oxygen atoms in total. The molecule has 1 aromatic carbocycles. The van der Waals surface area contributed by atoms with Gasteiger partial charge < -0.3 is 4.74 Å². The van der Waals surface area contributed by atoms with E-state index in [9.17, 15) is 4.79 Å². The molecule has 0 aliphatic rings. The summed E-state index contributed by atoms with van der Waals surface area (Å²) in [5.41, 5.74) is 0.919. The molecule has 7 heteroatoms. The highest BCUT2D eigenvalue weighted by Crippen LogP contribution is 2.19. The fourth-order valence-electron chi connectivity index (χ4n) is 1.48. The molecule has 0 aliphatic heterocycles. The van der Waals surface area contributed by atoms with E-state index in [-0.39, 0.29) is 5.97 Å². The lowest BCUT2D eigenvalue weighted by Crippen LogP contribution is -2.01. The first-order valence-electron chi connectivity index (χ1n) is 5.84. The van der Waals surface area contributed by atoms with Crippen LogP contribution in [0.15, 0.2) is 35.5 Å². The second kappa shape index (κ2) is 6.89. The second-order valence-electron chi connectivity index (χ2n) is 3.74. The molecule has 0 unspecified atom stereocenters. The molecular formula is C12H14N4O2S. The van der Waals surface area contributed by atoms with Gasteiger partial charge in [-0.05, 0) is 29.0 Å². The molecule has 1 aromatic heterocycles. The van der Waals surface area contributed by atoms with Gasteiger partial charge >= 0.3 is 5.97 Å². The summed E-state index contributed by atoms with van der Waals surface area (Å²) in [5.74, 6) is 0.575. The normalized spacial score (nSPS) is 10.4. The maximum Gasteiger partial charge on any atom is 0.305 e. The summed E-state index contributed by atoms with van der Waals surface area (Å²) in [6.45, 7) is 0. The van der Waals surface area contributed by atoms with Gasteiger partial charge in [-0.1, -0.05) is 30.0 Å². The minimum absolute atomic E-state index is 0.191. The Morgan fingerprint density at radius 1 is 1.37 bits per heavy atom. The first-order valence-corrected chi connectivity index (χ1v) is 6.83. The third-order valence-electron chi connectivity index (χ3n) is 2.43. The van der Waals surface area contributed by atoms with E-state index in [0.29, 0.717) is 6.42 Å². The van der Waals surface area contributed by atoms with Crippen molar-refractivity contribution in [2.24, 2.45) is 0 Å². The highest BCUT2D eigenvalue weighted by atomic mass is 32.2. The van der Waals surface area contributed by atoms with Crippen LogP contribution in [-0.2, 0) is 9.53 Å². The number of aromatic nitrogens is 4. The third-order valence-corrected chi connectivity index (χ3v) is 3.43. The lowest BCUT2D eigenvalue weighted by molar-refractivity contribution is -0.140. The molecule has 100 valence electrons. The van der Waals surface area contributed by atoms with Crippen molar-refractivity contribution in [3.63, 3.8) is 0 Å². The van der Waals surface area contributed by atoms with Crippen LogP contribution in [0.3, 0.4) is 0 Å². The van der Waals surface area contributed by atoms with Crippen LogP contribution in [0.5, 0.6) is 0 Å². The molecule has 0 amide bonds. The molecule has 0 N–H and O–H groups in total. The van der Waals surface area contributed by atoms with Crippen LogP contribution in [0.4, 0.5) is 0 Å². The smallest absolute Gasteiger partial charge is 0.305 e. The number of hydrogen-bond donors (Lipinski definition) is 0. The number of ether oxygens (including phenoxy) is 1. The van der Waals surface area contributed by atoms with Crippen LogP contribution in [0.1, 0.15) is 12.8 Å². The number of rotatable bonds is 6. The maximum atomic E-state index is 11.0. The molecule has 2 rings (SSSR count). The Morgan fingerprint density at radius 2 is 2.16 bits per heavy atom. The Labute approximate surface area is 115 Å². The number of esters is 1. The Bertz CT molecular complexity index is 530. The van der Waals surface area contributed by atoms with Crippen molar-refractivity contribution in [2.75, 3.05) is 12.9 Å². The number of para-hydroxylation sites is 1. The summed E-state index contributed by atoms with van der Waals surface area (Å²) in [5, 5.41) is 12.3. The zero-order valence-corrected chi connectivity index (χ0v) is 11.3. The first kappa shape index (κ1) is 13.5. The van der Waals surface area contributed by atoms with Crippen molar-refractivity contribution >= 4 is 17.7 Å². The summed E-state index contributed by atoms with van der Waals surface area (Å²) in [4.78, 5) is 11.0. The maximum absolute atomic E-state index is 11.0. The minimum Gasteiger partial charge on any atom is -0.469 e. The molecule has 0 bridgehead atoms. The Balaban J connectivity index is 1.92. The summed E-state index contributed by atoms with van der Waals surface area (Å²) in [6, 6.07) is 9.69. The van der Waals surface area contributed by atoms with E-state index in [1.807, 2.05) is 30.3 Å². The number of thioether (sulfide) groups is 1. The number of carbonyl (C=O) groups is 1. The molecule has 0 saturated heterocycles. The van der Waals surface area contributed by atoms with Gasteiger partial charge in [0.25, 0.3) is 0 Å². The predicted octanol–water partition coefficient (Wildman–Crippen LogP) is 1.71. The summed E-state index contributed by atoms with van der Waals surface area (Å²) >= 11 is 1.52. The number of hydrogen-bond acceptors (Lipinski definition) is 6. The van der Waals surface area contributed by atoms with Gasteiger partial charge in [0.2, 0.25) is 5.16 Å². The highest BCUT2D eigenvalue weighted by molar-refractivity contribution is 7.99. The van der Waals surface area contributed by atoms with Gasteiger partial charge in [0.15, 0.2) is 0 Å². The van der Waals surface area contributed by atoms with Gasteiger partial charge in [-0.3, -0.25) is 4.79 Å². The standard InChI is InChI=1S/C12H14N4O2S/c1-18-11(17)8-5-9-19-12-13-14-15-16(12)10-6-3-2-4-7-10/h2-4,6-7H,5,8-9H2,1H3. The SMILES string of the molecule is COC(=O)CCCSc1nnnn1-c1ccccc1. The van der Waals surface area contributed by atoms with Crippen LogP contribution >= 0.6 is 11.8 Å². The van der Waals surface area contributed by atoms with E-state index in [1.165, 1.54) is 18.9 Å². The lowest BCUT2D eigenvalue weighted by Gasteiger charge is -2.03. The molecule has 0 saturated carbocycles. The van der Waals surface area contributed by atoms with Gasteiger partial charge in [0.05, 0.1) is 12.8 Å². The van der Waals surface area contributed by atoms with Crippen LogP contribution in [-0.4, -0.2) is 39.0 Å². The first-order chi connectivity index (χ1) is 9.31. The number of benzene rings is 1. The molecule has 0 radical (unpaired) electrons. The van der Waals surface area contributed by atoms with Gasteiger partial charge in [0.1, 0.15) is 0 Å². The second-order valence-corrected chi connectivity index (χ2v) is 4.80. The zero-order valence-electron chi connectivity index (χ0n) is 10.5. The van der Waals surface area contributed by atoms with Crippen molar-refractivity contribution in [1.29, 1.82) is 0 Å². The van der Waals surface area contributed by atoms with Crippen LogP contribution in [0, 0.1) is 0 Å². The number of methoxy groups -OCH3 is 1. The summed E-state index contributed by atoms with van der Waals surface area (Å²) < 4.78 is 6.27. The average Bonchev–Trinajstić information content (AvgIpc) is 2.92. The Kier molecular flexibility index (Phi) is 4.91. The van der Waals surface area contributed by atoms with E-state index in [0.717, 1.165) is 23.0 Å². The molecule has 19 heavy (non-hydrogen) atoms. The topological polar surface area (TPSA) is 69.9 Å². The third kappa shape index (κ3) is 3.78. The summed E-state index contributed by atoms with van der Waals surface area (Å²) in [7, 11) is 1.39. The highest BCUT2D eigenvalue weighted by Gasteiger charge is 2.08. The van der Waals surface area contributed by atoms with Gasteiger partial charge in [-0.25, -0.2) is 0 Å². The summed E-state index contributed by atoms with van der Waals surface area (Å²) in [6.07, 6.45) is 1.15. The molecule has 0 fully saturated rings. The van der Waals surface area contributed by atoms with Crippen molar-refractivity contribution < 1.29 is 9.53 Å². The predicted molar refractivity (Wildman–Crippen MR) is 71.1 cm³/mol. The fourth-order valence-corrected chi connectivity index (χ4v) is 2.31. The molecule has 1 heterocycles. The van der Waals surface area contributed by atoms with Gasteiger partial charge in [-0.15, -0.1) is 5.10 Å². The van der Waals surface area contributed by atoms with E-state index in [1.54, 1.807) is 4.68 Å². The van der Waals surface area contributed by atoms with Crippen molar-refractivity contribution in [1.82, 2.24) is 20.2 Å². The minimum atomic E-state index is -0.191. The molecule has 2 aromatic rings. The van der Waals surface area contributed by atoms with Crippen LogP contribution in [0.25, 0.3) is 5.69 Å². The molecule has 0 atom stereocenters. The number of carbonyl (C=O) groups excluding carboxylic acids is 1. The largest absolute Gasteiger partial charge is 0.469 e. The van der Waals surface area contributed by atoms with Gasteiger partial charge in [-0.2, -0.15) is 4.68 Å². The molecule has 0 spiro atoms. The fraction of sp³-hybridized carbons (Fsp3) is 0.333. The quantitative estimate of drug-likeness (QED) is 0.455. The Morgan fingerprint density at radius 3 is 2.89 bits per heavy atom. The van der Waals surface area contributed by atoms with Crippen molar-refractivity contribution in [3.8, 4) is 5.69 Å². The molecular weight excluding hydrogens is 264 g/mol. The van der Waals surface area contributed by atoms with E-state index < -0.39 is 0 Å². The van der Waals surface area contributed by atoms with E-state index in [4.69, 9.17) is 0 Å². The van der Waals surface area contributed by atoms with E-state index >= 15 is 0 Å². The lowest BCUT2D eigenvalue weighted by atomic mass is 10.3. The zero-order chi connectivity index (χ0) is 13.5. The van der Waals surface area contributed by atoms with E-state index in [2.05, 4.69) is 20.3 Å². The number of tetrazole rings is 1. The Hall–Kier alpha value is -1.89. The van der Waals surface area contributed by atoms with Crippen LogP contribution < -0.4 is 0 Å². The monoisotopic (exact) mass is 278 g/mol. The molecule has 0 aliphatic carbocycles. The van der Waals surface area contributed by atoms with Gasteiger partial charge in [0, 0.05) is 12.2 Å². The average molecular weight is 278 g/mol.